The fourth-order valence-corrected chi connectivity index (χ4v) is 1.15. The Kier molecular flexibility index (Phi) is 2.96. The highest BCUT2D eigenvalue weighted by atomic mass is 35.5. The van der Waals surface area contributed by atoms with Gasteiger partial charge in [-0.15, -0.1) is 4.91 Å². The van der Waals surface area contributed by atoms with E-state index in [0.717, 1.165) is 12.1 Å². The summed E-state index contributed by atoms with van der Waals surface area (Å²) in [4.78, 5) is 30.4. The molecule has 0 heterocycles. The molecule has 0 aliphatic carbocycles. The van der Waals surface area contributed by atoms with E-state index in [9.17, 15) is 19.8 Å². The van der Waals surface area contributed by atoms with Gasteiger partial charge < -0.3 is 5.11 Å². The summed E-state index contributed by atoms with van der Waals surface area (Å²) >= 11 is 5.48. The Balaban J connectivity index is 3.51. The van der Waals surface area contributed by atoms with Gasteiger partial charge in [0.1, 0.15) is 5.69 Å². The Morgan fingerprint density at radius 2 is 2.13 bits per heavy atom. The summed E-state index contributed by atoms with van der Waals surface area (Å²) in [6, 6.07) is 1.57. The van der Waals surface area contributed by atoms with E-state index < -0.39 is 32.9 Å². The van der Waals surface area contributed by atoms with Crippen molar-refractivity contribution in [2.45, 2.75) is 0 Å². The van der Waals surface area contributed by atoms with Gasteiger partial charge in [-0.3, -0.25) is 10.1 Å². The van der Waals surface area contributed by atoms with Crippen molar-refractivity contribution in [2.24, 2.45) is 5.18 Å². The lowest BCUT2D eigenvalue weighted by Crippen LogP contribution is -1.99. The molecular formula is C7H3ClN2O5. The number of benzene rings is 1. The molecule has 0 fully saturated rings. The van der Waals surface area contributed by atoms with Crippen molar-refractivity contribution < 1.29 is 14.8 Å². The van der Waals surface area contributed by atoms with E-state index in [0.29, 0.717) is 0 Å². The molecule has 0 aliphatic heterocycles. The van der Waals surface area contributed by atoms with Gasteiger partial charge in [0, 0.05) is 12.1 Å². The Morgan fingerprint density at radius 3 is 2.53 bits per heavy atom. The van der Waals surface area contributed by atoms with Gasteiger partial charge in [-0.1, -0.05) is 11.6 Å². The van der Waals surface area contributed by atoms with Crippen LogP contribution in [0.1, 0.15) is 10.4 Å². The van der Waals surface area contributed by atoms with Gasteiger partial charge in [0.25, 0.3) is 5.69 Å². The van der Waals surface area contributed by atoms with Crippen molar-refractivity contribution in [1.82, 2.24) is 0 Å². The molecule has 1 rings (SSSR count). The zero-order valence-electron chi connectivity index (χ0n) is 7.01. The number of rotatable bonds is 3. The van der Waals surface area contributed by atoms with Gasteiger partial charge in [0.15, 0.2) is 0 Å². The number of aromatic carboxylic acids is 1. The van der Waals surface area contributed by atoms with Crippen LogP contribution >= 0.6 is 11.6 Å². The molecule has 8 heteroatoms. The molecule has 1 aromatic rings. The summed E-state index contributed by atoms with van der Waals surface area (Å²) in [5, 5.41) is 21.0. The Hall–Kier alpha value is -2.02. The van der Waals surface area contributed by atoms with Crippen LogP contribution in [0.15, 0.2) is 17.3 Å². The van der Waals surface area contributed by atoms with E-state index in [4.69, 9.17) is 16.7 Å². The summed E-state index contributed by atoms with van der Waals surface area (Å²) in [5.41, 5.74) is -1.55. The van der Waals surface area contributed by atoms with Gasteiger partial charge in [-0.05, 0) is 5.18 Å². The second-order valence-electron chi connectivity index (χ2n) is 2.48. The van der Waals surface area contributed by atoms with Crippen LogP contribution in [0.3, 0.4) is 0 Å². The average Bonchev–Trinajstić information content (AvgIpc) is 2.17. The largest absolute Gasteiger partial charge is 0.478 e. The Bertz CT molecular complexity index is 459. The van der Waals surface area contributed by atoms with E-state index in [1.165, 1.54) is 0 Å². The molecule has 0 atom stereocenters. The standard InChI is InChI=1S/C7H3ClN2O5/c8-6-4(7(11)12)1-3(10(14)15)2-5(6)9-13/h1-2H,(H,11,12). The average molecular weight is 231 g/mol. The van der Waals surface area contributed by atoms with Crippen molar-refractivity contribution in [1.29, 1.82) is 0 Å². The van der Waals surface area contributed by atoms with Gasteiger partial charge in [0.05, 0.1) is 15.5 Å². The number of carboxylic acids is 1. The third-order valence-electron chi connectivity index (χ3n) is 1.58. The normalized spacial score (nSPS) is 9.67. The summed E-state index contributed by atoms with van der Waals surface area (Å²) in [7, 11) is 0. The molecule has 0 bridgehead atoms. The van der Waals surface area contributed by atoms with Gasteiger partial charge in [-0.25, -0.2) is 4.79 Å². The molecule has 0 radical (unpaired) electrons. The first-order chi connectivity index (χ1) is 6.97. The molecule has 0 saturated heterocycles. The van der Waals surface area contributed by atoms with E-state index in [1.54, 1.807) is 0 Å². The van der Waals surface area contributed by atoms with E-state index in [2.05, 4.69) is 5.18 Å². The Morgan fingerprint density at radius 1 is 1.53 bits per heavy atom. The number of hydrogen-bond donors (Lipinski definition) is 1. The third-order valence-corrected chi connectivity index (χ3v) is 1.97. The lowest BCUT2D eigenvalue weighted by molar-refractivity contribution is -0.384. The summed E-state index contributed by atoms with van der Waals surface area (Å²) < 4.78 is 0. The minimum Gasteiger partial charge on any atom is -0.478 e. The lowest BCUT2D eigenvalue weighted by atomic mass is 10.2. The van der Waals surface area contributed by atoms with Crippen LogP contribution < -0.4 is 0 Å². The number of hydrogen-bond acceptors (Lipinski definition) is 5. The number of non-ortho nitro benzene ring substituents is 1. The second kappa shape index (κ2) is 4.01. The fraction of sp³-hybridized carbons (Fsp3) is 0. The number of nitroso groups, excluding NO2 is 1. The van der Waals surface area contributed by atoms with Crippen molar-refractivity contribution >= 4 is 28.9 Å². The molecule has 1 aromatic carbocycles. The topological polar surface area (TPSA) is 110 Å². The van der Waals surface area contributed by atoms with Crippen molar-refractivity contribution in [2.75, 3.05) is 0 Å². The van der Waals surface area contributed by atoms with E-state index in [-0.39, 0.29) is 0 Å². The fourth-order valence-electron chi connectivity index (χ4n) is 0.922. The van der Waals surface area contributed by atoms with E-state index >= 15 is 0 Å². The molecule has 15 heavy (non-hydrogen) atoms. The zero-order valence-corrected chi connectivity index (χ0v) is 7.76. The number of nitrogens with zero attached hydrogens (tertiary/aromatic N) is 2. The van der Waals surface area contributed by atoms with Crippen molar-refractivity contribution in [3.63, 3.8) is 0 Å². The summed E-state index contributed by atoms with van der Waals surface area (Å²) in [6.45, 7) is 0. The lowest BCUT2D eigenvalue weighted by Gasteiger charge is -2.00. The van der Waals surface area contributed by atoms with Crippen LogP contribution in [0.4, 0.5) is 11.4 Å². The van der Waals surface area contributed by atoms with Crippen LogP contribution in [-0.4, -0.2) is 16.0 Å². The molecule has 7 nitrogen and oxygen atoms in total. The maximum Gasteiger partial charge on any atom is 0.337 e. The molecule has 0 saturated carbocycles. The maximum atomic E-state index is 10.6. The highest BCUT2D eigenvalue weighted by molar-refractivity contribution is 6.36. The first-order valence-corrected chi connectivity index (χ1v) is 3.89. The number of carbonyl (C=O) groups is 1. The smallest absolute Gasteiger partial charge is 0.337 e. The van der Waals surface area contributed by atoms with Gasteiger partial charge in [0.2, 0.25) is 0 Å². The molecule has 78 valence electrons. The van der Waals surface area contributed by atoms with Crippen molar-refractivity contribution in [3.05, 3.63) is 37.7 Å². The molecular weight excluding hydrogens is 228 g/mol. The van der Waals surface area contributed by atoms with E-state index in [1.807, 2.05) is 0 Å². The predicted molar refractivity (Wildman–Crippen MR) is 50.5 cm³/mol. The van der Waals surface area contributed by atoms with Crippen LogP contribution in [0, 0.1) is 15.0 Å². The number of carboxylic acid groups (broad SMARTS) is 1. The van der Waals surface area contributed by atoms with Gasteiger partial charge >= 0.3 is 5.97 Å². The Labute approximate surface area is 87.4 Å². The molecule has 0 spiro atoms. The van der Waals surface area contributed by atoms with Crippen LogP contribution in [0.5, 0.6) is 0 Å². The number of halogens is 1. The quantitative estimate of drug-likeness (QED) is 0.487. The number of nitro benzene ring substituents is 1. The van der Waals surface area contributed by atoms with Crippen molar-refractivity contribution in [3.8, 4) is 0 Å². The van der Waals surface area contributed by atoms with Gasteiger partial charge in [-0.2, -0.15) is 0 Å². The highest BCUT2D eigenvalue weighted by Gasteiger charge is 2.19. The SMILES string of the molecule is O=Nc1cc([N+](=O)[O-])cc(C(=O)O)c1Cl. The summed E-state index contributed by atoms with van der Waals surface area (Å²) in [6.07, 6.45) is 0. The first-order valence-electron chi connectivity index (χ1n) is 3.52. The molecule has 0 amide bonds. The number of nitro groups is 1. The van der Waals surface area contributed by atoms with Crippen LogP contribution in [0.2, 0.25) is 5.02 Å². The highest BCUT2D eigenvalue weighted by Crippen LogP contribution is 2.33. The molecule has 0 aromatic heterocycles. The molecule has 0 unspecified atom stereocenters. The zero-order chi connectivity index (χ0) is 11.6. The third kappa shape index (κ3) is 2.08. The minimum atomic E-state index is -1.46. The predicted octanol–water partition coefficient (Wildman–Crippen LogP) is 2.34. The summed E-state index contributed by atoms with van der Waals surface area (Å²) in [5.74, 6) is -1.46. The maximum absolute atomic E-state index is 10.6. The molecule has 0 aliphatic rings. The first kappa shape index (κ1) is 11.1. The van der Waals surface area contributed by atoms with Crippen LogP contribution in [0.25, 0.3) is 0 Å². The second-order valence-corrected chi connectivity index (χ2v) is 2.86. The minimum absolute atomic E-state index is 0.414. The van der Waals surface area contributed by atoms with Crippen LogP contribution in [-0.2, 0) is 0 Å². The molecule has 1 N–H and O–H groups in total. The monoisotopic (exact) mass is 230 g/mol.